The zero-order valence-electron chi connectivity index (χ0n) is 16.6. The van der Waals surface area contributed by atoms with Crippen molar-refractivity contribution in [1.29, 1.82) is 0 Å². The van der Waals surface area contributed by atoms with Crippen molar-refractivity contribution in [1.82, 2.24) is 14.2 Å². The fraction of sp³-hybridized carbons (Fsp3) is 0.174. The van der Waals surface area contributed by atoms with Gasteiger partial charge in [-0.2, -0.15) is 5.10 Å². The number of carbonyl (C=O) groups is 1. The molecule has 0 fully saturated rings. The largest absolute Gasteiger partial charge is 0.324 e. The number of aromatic nitrogens is 3. The quantitative estimate of drug-likeness (QED) is 0.581. The molecule has 29 heavy (non-hydrogen) atoms. The monoisotopic (exact) mass is 386 g/mol. The van der Waals surface area contributed by atoms with Crippen LogP contribution in [0.25, 0.3) is 16.8 Å². The Morgan fingerprint density at radius 3 is 2.45 bits per heavy atom. The topological polar surface area (TPSA) is 68.4 Å². The molecular formula is C23H22N4O2. The summed E-state index contributed by atoms with van der Waals surface area (Å²) in [6.07, 6.45) is 3.28. The van der Waals surface area contributed by atoms with Gasteiger partial charge in [-0.05, 0) is 44.0 Å². The fourth-order valence-corrected chi connectivity index (χ4v) is 3.23. The fourth-order valence-electron chi connectivity index (χ4n) is 3.23. The van der Waals surface area contributed by atoms with Gasteiger partial charge in [0.15, 0.2) is 0 Å². The molecule has 0 unspecified atom stereocenters. The van der Waals surface area contributed by atoms with E-state index in [1.54, 1.807) is 23.0 Å². The number of anilines is 1. The third kappa shape index (κ3) is 3.82. The molecule has 0 saturated carbocycles. The van der Waals surface area contributed by atoms with Crippen LogP contribution in [0.4, 0.5) is 5.69 Å². The SMILES string of the molecule is Cc1ccc(-c2cc3c(=O)n(CC(=O)Nc4cc(C)ccc4C)ccn3n2)cc1. The van der Waals surface area contributed by atoms with E-state index in [1.807, 2.05) is 63.2 Å². The number of amides is 1. The van der Waals surface area contributed by atoms with Gasteiger partial charge in [-0.25, -0.2) is 4.52 Å². The first-order valence-corrected chi connectivity index (χ1v) is 9.44. The van der Waals surface area contributed by atoms with E-state index < -0.39 is 0 Å². The zero-order chi connectivity index (χ0) is 20.5. The van der Waals surface area contributed by atoms with Crippen molar-refractivity contribution in [3.8, 4) is 11.3 Å². The van der Waals surface area contributed by atoms with E-state index in [-0.39, 0.29) is 18.0 Å². The second-order valence-electron chi connectivity index (χ2n) is 7.32. The molecule has 0 aliphatic carbocycles. The van der Waals surface area contributed by atoms with Gasteiger partial charge in [0, 0.05) is 23.6 Å². The Kier molecular flexibility index (Phi) is 4.76. The summed E-state index contributed by atoms with van der Waals surface area (Å²) in [6.45, 7) is 5.87. The Morgan fingerprint density at radius 2 is 1.69 bits per heavy atom. The van der Waals surface area contributed by atoms with Crippen molar-refractivity contribution in [3.05, 3.63) is 88.0 Å². The van der Waals surface area contributed by atoms with E-state index in [0.717, 1.165) is 33.6 Å². The Balaban J connectivity index is 1.60. The minimum atomic E-state index is -0.255. The second-order valence-corrected chi connectivity index (χ2v) is 7.32. The molecule has 2 aromatic heterocycles. The number of benzene rings is 2. The molecule has 1 N–H and O–H groups in total. The van der Waals surface area contributed by atoms with Gasteiger partial charge in [-0.15, -0.1) is 0 Å². The number of hydrogen-bond donors (Lipinski definition) is 1. The predicted octanol–water partition coefficient (Wildman–Crippen LogP) is 3.73. The van der Waals surface area contributed by atoms with Crippen LogP contribution in [0.15, 0.2) is 65.7 Å². The van der Waals surface area contributed by atoms with Crippen LogP contribution < -0.4 is 10.9 Å². The highest BCUT2D eigenvalue weighted by molar-refractivity contribution is 5.91. The van der Waals surface area contributed by atoms with Gasteiger partial charge in [0.05, 0.1) is 5.69 Å². The lowest BCUT2D eigenvalue weighted by Gasteiger charge is -2.10. The van der Waals surface area contributed by atoms with Gasteiger partial charge in [-0.1, -0.05) is 42.0 Å². The van der Waals surface area contributed by atoms with Gasteiger partial charge in [0.1, 0.15) is 12.1 Å². The summed E-state index contributed by atoms with van der Waals surface area (Å²) in [6, 6.07) is 15.6. The molecule has 0 spiro atoms. The highest BCUT2D eigenvalue weighted by Crippen LogP contribution is 2.19. The van der Waals surface area contributed by atoms with Crippen molar-refractivity contribution >= 4 is 17.1 Å². The number of hydrogen-bond acceptors (Lipinski definition) is 3. The molecule has 0 aliphatic rings. The Bertz CT molecular complexity index is 1270. The predicted molar refractivity (Wildman–Crippen MR) is 114 cm³/mol. The molecule has 2 heterocycles. The summed E-state index contributed by atoms with van der Waals surface area (Å²) in [5.74, 6) is -0.247. The summed E-state index contributed by atoms with van der Waals surface area (Å²) in [7, 11) is 0. The highest BCUT2D eigenvalue weighted by atomic mass is 16.2. The average Bonchev–Trinajstić information content (AvgIpc) is 3.13. The van der Waals surface area contributed by atoms with Crippen LogP contribution in [0, 0.1) is 20.8 Å². The first-order valence-electron chi connectivity index (χ1n) is 9.44. The molecule has 4 aromatic rings. The molecule has 0 radical (unpaired) electrons. The second kappa shape index (κ2) is 7.39. The molecular weight excluding hydrogens is 364 g/mol. The maximum Gasteiger partial charge on any atom is 0.277 e. The Hall–Kier alpha value is -3.67. The molecule has 146 valence electrons. The van der Waals surface area contributed by atoms with Crippen LogP contribution in [-0.2, 0) is 11.3 Å². The van der Waals surface area contributed by atoms with Gasteiger partial charge < -0.3 is 9.88 Å². The summed E-state index contributed by atoms with van der Waals surface area (Å²) in [5, 5.41) is 7.38. The van der Waals surface area contributed by atoms with E-state index >= 15 is 0 Å². The highest BCUT2D eigenvalue weighted by Gasteiger charge is 2.12. The van der Waals surface area contributed by atoms with Gasteiger partial charge >= 0.3 is 0 Å². The normalized spacial score (nSPS) is 11.0. The van der Waals surface area contributed by atoms with Crippen molar-refractivity contribution < 1.29 is 4.79 Å². The van der Waals surface area contributed by atoms with Gasteiger partial charge in [0.25, 0.3) is 5.56 Å². The number of nitrogens with zero attached hydrogens (tertiary/aromatic N) is 3. The van der Waals surface area contributed by atoms with E-state index in [9.17, 15) is 9.59 Å². The lowest BCUT2D eigenvalue weighted by molar-refractivity contribution is -0.116. The lowest BCUT2D eigenvalue weighted by Crippen LogP contribution is -2.28. The summed E-state index contributed by atoms with van der Waals surface area (Å²) in [4.78, 5) is 25.4. The van der Waals surface area contributed by atoms with Crippen LogP contribution in [-0.4, -0.2) is 20.1 Å². The summed E-state index contributed by atoms with van der Waals surface area (Å²) >= 11 is 0. The Labute approximate surface area is 168 Å². The van der Waals surface area contributed by atoms with Gasteiger partial charge in [-0.3, -0.25) is 9.59 Å². The minimum absolute atomic E-state index is 0.0617. The first-order chi connectivity index (χ1) is 13.9. The summed E-state index contributed by atoms with van der Waals surface area (Å²) < 4.78 is 2.95. The third-order valence-corrected chi connectivity index (χ3v) is 4.93. The van der Waals surface area contributed by atoms with Crippen LogP contribution in [0.2, 0.25) is 0 Å². The summed E-state index contributed by atoms with van der Waals surface area (Å²) in [5.41, 5.74) is 5.80. The van der Waals surface area contributed by atoms with Crippen molar-refractivity contribution in [2.75, 3.05) is 5.32 Å². The molecule has 1 amide bonds. The minimum Gasteiger partial charge on any atom is -0.324 e. The number of nitrogens with one attached hydrogen (secondary N) is 1. The molecule has 0 saturated heterocycles. The number of aryl methyl sites for hydroxylation is 3. The van der Waals surface area contributed by atoms with Crippen LogP contribution in [0.3, 0.4) is 0 Å². The van der Waals surface area contributed by atoms with Crippen molar-refractivity contribution in [2.45, 2.75) is 27.3 Å². The third-order valence-electron chi connectivity index (χ3n) is 4.93. The molecule has 0 aliphatic heterocycles. The van der Waals surface area contributed by atoms with Crippen LogP contribution in [0.1, 0.15) is 16.7 Å². The molecule has 4 rings (SSSR count). The molecule has 6 heteroatoms. The van der Waals surface area contributed by atoms with Crippen LogP contribution >= 0.6 is 0 Å². The number of rotatable bonds is 4. The molecule has 2 aromatic carbocycles. The van der Waals surface area contributed by atoms with E-state index in [2.05, 4.69) is 10.4 Å². The van der Waals surface area contributed by atoms with Gasteiger partial charge in [0.2, 0.25) is 5.91 Å². The standard InChI is InChI=1S/C23H22N4O2/c1-15-5-8-18(9-6-15)20-13-21-23(29)26(10-11-27(21)25-20)14-22(28)24-19-12-16(2)4-7-17(19)3/h4-13H,14H2,1-3H3,(H,24,28). The Morgan fingerprint density at radius 1 is 0.966 bits per heavy atom. The van der Waals surface area contributed by atoms with E-state index in [4.69, 9.17) is 0 Å². The molecule has 6 nitrogen and oxygen atoms in total. The smallest absolute Gasteiger partial charge is 0.277 e. The van der Waals surface area contributed by atoms with Crippen molar-refractivity contribution in [2.24, 2.45) is 0 Å². The zero-order valence-corrected chi connectivity index (χ0v) is 16.6. The first kappa shape index (κ1) is 18.7. The maximum absolute atomic E-state index is 12.9. The van der Waals surface area contributed by atoms with Crippen LogP contribution in [0.5, 0.6) is 0 Å². The van der Waals surface area contributed by atoms with E-state index in [1.165, 1.54) is 4.57 Å². The van der Waals surface area contributed by atoms with E-state index in [0.29, 0.717) is 5.52 Å². The molecule has 0 bridgehead atoms. The van der Waals surface area contributed by atoms with Crippen molar-refractivity contribution in [3.63, 3.8) is 0 Å². The number of carbonyl (C=O) groups excluding carboxylic acids is 1. The number of fused-ring (bicyclic) bond motifs is 1. The molecule has 0 atom stereocenters. The average molecular weight is 386 g/mol. The lowest BCUT2D eigenvalue weighted by atomic mass is 10.1. The maximum atomic E-state index is 12.9.